The molecule has 290 valence electrons. The van der Waals surface area contributed by atoms with Crippen LogP contribution < -0.4 is 14.4 Å². The van der Waals surface area contributed by atoms with Crippen LogP contribution in [0.15, 0.2) is 48.5 Å². The molecule has 3 aromatic rings. The van der Waals surface area contributed by atoms with Gasteiger partial charge in [0.1, 0.15) is 6.61 Å². The number of amides is 1. The van der Waals surface area contributed by atoms with Crippen LogP contribution in [0.25, 0.3) is 0 Å². The van der Waals surface area contributed by atoms with E-state index in [1.165, 1.54) is 26.4 Å². The Hall–Kier alpha value is -4.84. The first-order chi connectivity index (χ1) is 24.5. The highest BCUT2D eigenvalue weighted by Gasteiger charge is 2.41. The number of carbonyl (C=O) groups excluding carboxylic acids is 2. The van der Waals surface area contributed by atoms with Crippen LogP contribution in [-0.2, 0) is 52.0 Å². The van der Waals surface area contributed by atoms with Crippen molar-refractivity contribution >= 4 is 18.1 Å². The van der Waals surface area contributed by atoms with Gasteiger partial charge in [-0.1, -0.05) is 0 Å². The smallest absolute Gasteiger partial charge is 0.416 e. The van der Waals surface area contributed by atoms with E-state index < -0.39 is 89.0 Å². The number of hydrogen-bond acceptors (Lipinski definition) is 6. The third-order valence-corrected chi connectivity index (χ3v) is 8.48. The number of rotatable bonds is 11. The number of hydrogen-bond donors (Lipinski definition) is 0. The fourth-order valence-corrected chi connectivity index (χ4v) is 6.06. The normalized spacial score (nSPS) is 15.8. The molecule has 4 rings (SSSR count). The van der Waals surface area contributed by atoms with Gasteiger partial charge in [-0.05, 0) is 66.9 Å². The lowest BCUT2D eigenvalue weighted by Gasteiger charge is -2.43. The minimum atomic E-state index is -5.28. The monoisotopic (exact) mass is 774 g/mol. The molecule has 0 aromatic heterocycles. The van der Waals surface area contributed by atoms with E-state index in [9.17, 15) is 62.3 Å². The molecule has 19 heteroatoms. The molecular weight excluding hydrogens is 744 g/mol. The molecule has 0 bridgehead atoms. The van der Waals surface area contributed by atoms with Crippen molar-refractivity contribution in [3.05, 3.63) is 87.5 Å². The van der Waals surface area contributed by atoms with Crippen LogP contribution in [0.2, 0.25) is 0 Å². The SMILES string of the molecule is COc1cc2c(cc1OC)N(C(C)COC=O)CCC2N(Cc1cc(C(F)(F)F)cc(C(F)(F)F)c1)C(=O)Cc1cc(C(F)(F)F)cc(C(F)(F)F)c1. The fraction of sp³-hybridized carbons (Fsp3) is 0.412. The molecule has 3 aromatic carbocycles. The van der Waals surface area contributed by atoms with Gasteiger partial charge >= 0.3 is 24.7 Å². The predicted molar refractivity (Wildman–Crippen MR) is 163 cm³/mol. The minimum Gasteiger partial charge on any atom is -0.493 e. The van der Waals surface area contributed by atoms with E-state index >= 15 is 0 Å². The number of carbonyl (C=O) groups is 2. The molecule has 53 heavy (non-hydrogen) atoms. The lowest BCUT2D eigenvalue weighted by molar-refractivity contribution is -0.145. The number of nitrogens with zero attached hydrogens (tertiary/aromatic N) is 2. The first-order valence-electron chi connectivity index (χ1n) is 15.4. The van der Waals surface area contributed by atoms with Crippen LogP contribution in [-0.4, -0.2) is 50.7 Å². The maximum atomic E-state index is 14.1. The minimum absolute atomic E-state index is 0.0124. The van der Waals surface area contributed by atoms with E-state index in [0.717, 1.165) is 4.90 Å². The molecule has 0 saturated carbocycles. The Morgan fingerprint density at radius 3 is 1.64 bits per heavy atom. The second-order valence-electron chi connectivity index (χ2n) is 12.1. The van der Waals surface area contributed by atoms with Crippen LogP contribution in [0.3, 0.4) is 0 Å². The van der Waals surface area contributed by atoms with E-state index in [-0.39, 0.29) is 60.9 Å². The van der Waals surface area contributed by atoms with Crippen molar-refractivity contribution in [3.8, 4) is 11.5 Å². The quantitative estimate of drug-likeness (QED) is 0.143. The Balaban J connectivity index is 1.94. The topological polar surface area (TPSA) is 68.3 Å². The summed E-state index contributed by atoms with van der Waals surface area (Å²) in [5.74, 6) is -1.01. The molecule has 2 unspecified atom stereocenters. The Morgan fingerprint density at radius 2 is 1.21 bits per heavy atom. The summed E-state index contributed by atoms with van der Waals surface area (Å²) in [5, 5.41) is 0. The van der Waals surface area contributed by atoms with Crippen molar-refractivity contribution in [2.24, 2.45) is 0 Å². The number of anilines is 1. The number of benzene rings is 3. The van der Waals surface area contributed by atoms with Gasteiger partial charge in [0, 0.05) is 30.4 Å². The standard InChI is InChI=1S/C34H30F12N2O5/c1-18(16-53-17-49)47-5-4-26(25-13-28(51-2)29(52-3)14-27(25)47)48(15-20-8-23(33(41,42)43)12-24(9-20)34(44,45)46)30(50)10-19-6-21(31(35,36)37)11-22(7-19)32(38,39)40/h6-9,11-14,17-18,26H,4-5,10,15-16H2,1-3H3. The second-order valence-corrected chi connectivity index (χ2v) is 12.1. The van der Waals surface area contributed by atoms with Crippen LogP contribution >= 0.6 is 0 Å². The van der Waals surface area contributed by atoms with Gasteiger partial charge in [-0.2, -0.15) is 52.7 Å². The molecule has 7 nitrogen and oxygen atoms in total. The third-order valence-electron chi connectivity index (χ3n) is 8.48. The van der Waals surface area contributed by atoms with Crippen molar-refractivity contribution in [2.75, 3.05) is 32.3 Å². The average molecular weight is 775 g/mol. The first-order valence-corrected chi connectivity index (χ1v) is 15.4. The van der Waals surface area contributed by atoms with Crippen LogP contribution in [0.4, 0.5) is 58.4 Å². The maximum Gasteiger partial charge on any atom is 0.416 e. The van der Waals surface area contributed by atoms with Gasteiger partial charge in [0.25, 0.3) is 6.47 Å². The second kappa shape index (κ2) is 15.3. The summed E-state index contributed by atoms with van der Waals surface area (Å²) in [6.07, 6.45) is -22.4. The van der Waals surface area contributed by atoms with Gasteiger partial charge in [-0.3, -0.25) is 9.59 Å². The van der Waals surface area contributed by atoms with Crippen LogP contribution in [0, 0.1) is 0 Å². The molecule has 1 aliphatic heterocycles. The van der Waals surface area contributed by atoms with E-state index in [1.54, 1.807) is 11.8 Å². The highest BCUT2D eigenvalue weighted by Crippen LogP contribution is 2.46. The lowest BCUT2D eigenvalue weighted by atomic mass is 9.91. The Morgan fingerprint density at radius 1 is 0.755 bits per heavy atom. The first kappa shape index (κ1) is 40.9. The number of fused-ring (bicyclic) bond motifs is 1. The Labute approximate surface area is 294 Å². The molecule has 0 saturated heterocycles. The summed E-state index contributed by atoms with van der Waals surface area (Å²) in [5.41, 5.74) is -7.89. The predicted octanol–water partition coefficient (Wildman–Crippen LogP) is 8.86. The van der Waals surface area contributed by atoms with Crippen molar-refractivity contribution in [1.29, 1.82) is 0 Å². The largest absolute Gasteiger partial charge is 0.493 e. The molecule has 1 amide bonds. The molecule has 0 spiro atoms. The molecule has 0 radical (unpaired) electrons. The van der Waals surface area contributed by atoms with E-state index in [1.807, 2.05) is 0 Å². The fourth-order valence-electron chi connectivity index (χ4n) is 6.06. The zero-order valence-electron chi connectivity index (χ0n) is 27.9. The summed E-state index contributed by atoms with van der Waals surface area (Å²) in [4.78, 5) is 27.5. The number of ether oxygens (including phenoxy) is 3. The molecule has 1 aliphatic rings. The van der Waals surface area contributed by atoms with Crippen molar-refractivity contribution < 1.29 is 76.5 Å². The molecule has 0 aliphatic carbocycles. The van der Waals surface area contributed by atoms with Gasteiger partial charge in [0.2, 0.25) is 5.91 Å². The Kier molecular flexibility index (Phi) is 11.8. The van der Waals surface area contributed by atoms with Gasteiger partial charge in [0.15, 0.2) is 11.5 Å². The average Bonchev–Trinajstić information content (AvgIpc) is 3.06. The molecule has 1 heterocycles. The number of halogens is 12. The van der Waals surface area contributed by atoms with Crippen LogP contribution in [0.5, 0.6) is 11.5 Å². The van der Waals surface area contributed by atoms with Gasteiger partial charge < -0.3 is 24.0 Å². The zero-order chi connectivity index (χ0) is 39.7. The van der Waals surface area contributed by atoms with Crippen molar-refractivity contribution in [1.82, 2.24) is 4.90 Å². The van der Waals surface area contributed by atoms with Gasteiger partial charge in [-0.25, -0.2) is 0 Å². The van der Waals surface area contributed by atoms with E-state index in [0.29, 0.717) is 24.3 Å². The lowest BCUT2D eigenvalue weighted by Crippen LogP contribution is -2.45. The highest BCUT2D eigenvalue weighted by molar-refractivity contribution is 5.80. The zero-order valence-corrected chi connectivity index (χ0v) is 27.9. The number of methoxy groups -OCH3 is 2. The van der Waals surface area contributed by atoms with Gasteiger partial charge in [-0.15, -0.1) is 0 Å². The number of alkyl halides is 12. The summed E-state index contributed by atoms with van der Waals surface area (Å²) in [6.45, 7) is 0.728. The van der Waals surface area contributed by atoms with Crippen molar-refractivity contribution in [2.45, 2.75) is 63.1 Å². The molecule has 2 atom stereocenters. The van der Waals surface area contributed by atoms with E-state index in [4.69, 9.17) is 14.2 Å². The highest BCUT2D eigenvalue weighted by atomic mass is 19.4. The summed E-state index contributed by atoms with van der Waals surface area (Å²) >= 11 is 0. The summed E-state index contributed by atoms with van der Waals surface area (Å²) in [7, 11) is 2.54. The molecule has 0 N–H and O–H groups in total. The van der Waals surface area contributed by atoms with Crippen LogP contribution in [0.1, 0.15) is 58.3 Å². The maximum absolute atomic E-state index is 14.1. The van der Waals surface area contributed by atoms with E-state index in [2.05, 4.69) is 0 Å². The molecule has 0 fully saturated rings. The molecular formula is C34H30F12N2O5. The summed E-state index contributed by atoms with van der Waals surface area (Å²) in [6, 6.07) is 2.07. The summed E-state index contributed by atoms with van der Waals surface area (Å²) < 4.78 is 180. The Bertz CT molecular complexity index is 1740. The van der Waals surface area contributed by atoms with Crippen molar-refractivity contribution in [3.63, 3.8) is 0 Å². The third kappa shape index (κ3) is 9.59. The van der Waals surface area contributed by atoms with Gasteiger partial charge in [0.05, 0.1) is 55.0 Å².